The highest BCUT2D eigenvalue weighted by molar-refractivity contribution is 5.85. The molecule has 2 aromatic carbocycles. The second-order valence-corrected chi connectivity index (χ2v) is 4.87. The molecule has 2 aromatic rings. The molecule has 6 heteroatoms. The molecule has 3 rings (SSSR count). The van der Waals surface area contributed by atoms with Crippen molar-refractivity contribution in [2.24, 2.45) is 5.10 Å². The number of hydrogen-bond acceptors (Lipinski definition) is 5. The van der Waals surface area contributed by atoms with Gasteiger partial charge in [0.25, 0.3) is 5.91 Å². The van der Waals surface area contributed by atoms with Gasteiger partial charge in [0.15, 0.2) is 11.5 Å². The summed E-state index contributed by atoms with van der Waals surface area (Å²) in [6, 6.07) is 14.5. The van der Waals surface area contributed by atoms with Crippen LogP contribution in [0.5, 0.6) is 17.2 Å². The smallest absolute Gasteiger partial charge is 0.284 e. The van der Waals surface area contributed by atoms with Gasteiger partial charge in [-0.2, -0.15) is 5.10 Å². The lowest BCUT2D eigenvalue weighted by Crippen LogP contribution is -2.42. The van der Waals surface area contributed by atoms with Crippen LogP contribution < -0.4 is 19.6 Å². The van der Waals surface area contributed by atoms with E-state index in [4.69, 9.17) is 14.2 Å². The number of hydrazone groups is 1. The zero-order chi connectivity index (χ0) is 16.1. The second-order valence-electron chi connectivity index (χ2n) is 4.87. The van der Waals surface area contributed by atoms with Gasteiger partial charge in [-0.25, -0.2) is 5.43 Å². The molecule has 0 aliphatic carbocycles. The third kappa shape index (κ3) is 3.60. The number of carbonyl (C=O) groups excluding carboxylic acids is 1. The second kappa shape index (κ2) is 6.83. The van der Waals surface area contributed by atoms with Crippen LogP contribution in [0.3, 0.4) is 0 Å². The van der Waals surface area contributed by atoms with E-state index >= 15 is 0 Å². The predicted octanol–water partition coefficient (Wildman–Crippen LogP) is 1.99. The van der Waals surface area contributed by atoms with Crippen molar-refractivity contribution in [3.05, 3.63) is 54.1 Å². The van der Waals surface area contributed by atoms with Gasteiger partial charge < -0.3 is 14.2 Å². The lowest BCUT2D eigenvalue weighted by molar-refractivity contribution is -0.130. The predicted molar refractivity (Wildman–Crippen MR) is 85.1 cm³/mol. The monoisotopic (exact) mass is 312 g/mol. The average Bonchev–Trinajstić information content (AvgIpc) is 2.61. The van der Waals surface area contributed by atoms with Gasteiger partial charge in [-0.15, -0.1) is 0 Å². The van der Waals surface area contributed by atoms with E-state index in [0.717, 1.165) is 11.3 Å². The molecule has 0 fully saturated rings. The van der Waals surface area contributed by atoms with E-state index in [1.807, 2.05) is 36.4 Å². The van der Waals surface area contributed by atoms with Crippen molar-refractivity contribution < 1.29 is 19.0 Å². The van der Waals surface area contributed by atoms with Gasteiger partial charge in [-0.3, -0.25) is 4.79 Å². The van der Waals surface area contributed by atoms with Crippen LogP contribution in [0.25, 0.3) is 0 Å². The van der Waals surface area contributed by atoms with Gasteiger partial charge in [0.05, 0.1) is 13.3 Å². The van der Waals surface area contributed by atoms with Gasteiger partial charge in [-0.05, 0) is 42.0 Å². The van der Waals surface area contributed by atoms with Crippen molar-refractivity contribution in [2.45, 2.75) is 6.10 Å². The van der Waals surface area contributed by atoms with Gasteiger partial charge in [-0.1, -0.05) is 12.1 Å². The Morgan fingerprint density at radius 1 is 1.22 bits per heavy atom. The van der Waals surface area contributed by atoms with Gasteiger partial charge in [0, 0.05) is 0 Å². The molecular weight excluding hydrogens is 296 g/mol. The average molecular weight is 312 g/mol. The minimum absolute atomic E-state index is 0.154. The minimum Gasteiger partial charge on any atom is -0.497 e. The Morgan fingerprint density at radius 3 is 2.70 bits per heavy atom. The summed E-state index contributed by atoms with van der Waals surface area (Å²) in [5.41, 5.74) is 3.30. The van der Waals surface area contributed by atoms with Crippen molar-refractivity contribution in [3.8, 4) is 17.2 Å². The van der Waals surface area contributed by atoms with Crippen LogP contribution in [0.2, 0.25) is 0 Å². The molecule has 1 aliphatic rings. The highest BCUT2D eigenvalue weighted by Gasteiger charge is 2.26. The fourth-order valence-corrected chi connectivity index (χ4v) is 2.08. The van der Waals surface area contributed by atoms with Crippen LogP contribution in [-0.4, -0.2) is 31.9 Å². The molecular formula is C17H16N2O4. The molecule has 0 radical (unpaired) electrons. The summed E-state index contributed by atoms with van der Waals surface area (Å²) in [6.45, 7) is 0.154. The van der Waals surface area contributed by atoms with E-state index in [1.54, 1.807) is 25.5 Å². The number of benzene rings is 2. The Kier molecular flexibility index (Phi) is 4.42. The summed E-state index contributed by atoms with van der Waals surface area (Å²) in [7, 11) is 1.60. The molecule has 0 saturated carbocycles. The Hall–Kier alpha value is -3.02. The molecule has 1 atom stereocenters. The molecule has 1 amide bonds. The number of fused-ring (bicyclic) bond motifs is 1. The fourth-order valence-electron chi connectivity index (χ4n) is 2.08. The molecule has 0 spiro atoms. The molecule has 1 aliphatic heterocycles. The first-order chi connectivity index (χ1) is 11.3. The minimum atomic E-state index is -0.724. The van der Waals surface area contributed by atoms with Crippen LogP contribution in [0.15, 0.2) is 53.6 Å². The maximum atomic E-state index is 12.0. The van der Waals surface area contributed by atoms with Crippen molar-refractivity contribution in [2.75, 3.05) is 13.7 Å². The number of hydrogen-bond donors (Lipinski definition) is 1. The molecule has 0 saturated heterocycles. The number of ether oxygens (including phenoxy) is 3. The Bertz CT molecular complexity index is 713. The van der Waals surface area contributed by atoms with E-state index in [-0.39, 0.29) is 12.5 Å². The van der Waals surface area contributed by atoms with E-state index in [1.165, 1.54) is 0 Å². The lowest BCUT2D eigenvalue weighted by Gasteiger charge is -2.24. The number of nitrogens with one attached hydrogen (secondary N) is 1. The van der Waals surface area contributed by atoms with E-state index < -0.39 is 6.10 Å². The number of nitrogens with zero attached hydrogens (tertiary/aromatic N) is 1. The maximum Gasteiger partial charge on any atom is 0.284 e. The summed E-state index contributed by atoms with van der Waals surface area (Å²) < 4.78 is 16.2. The van der Waals surface area contributed by atoms with Gasteiger partial charge in [0.1, 0.15) is 12.4 Å². The zero-order valence-corrected chi connectivity index (χ0v) is 12.6. The first kappa shape index (κ1) is 14.9. The number of methoxy groups -OCH3 is 1. The summed E-state index contributed by atoms with van der Waals surface area (Å²) >= 11 is 0. The molecule has 1 N–H and O–H groups in total. The third-order valence-corrected chi connectivity index (χ3v) is 3.31. The largest absolute Gasteiger partial charge is 0.497 e. The van der Waals surface area contributed by atoms with Crippen LogP contribution >= 0.6 is 0 Å². The molecule has 1 heterocycles. The summed E-state index contributed by atoms with van der Waals surface area (Å²) in [5, 5.41) is 3.93. The highest BCUT2D eigenvalue weighted by Crippen LogP contribution is 2.30. The fraction of sp³-hybridized carbons (Fsp3) is 0.176. The third-order valence-electron chi connectivity index (χ3n) is 3.31. The molecule has 0 aromatic heterocycles. The number of carbonyl (C=O) groups is 1. The number of para-hydroxylation sites is 2. The van der Waals surface area contributed by atoms with Crippen molar-refractivity contribution in [1.29, 1.82) is 0 Å². The summed E-state index contributed by atoms with van der Waals surface area (Å²) in [5.74, 6) is 1.60. The Labute approximate surface area is 133 Å². The normalized spacial score (nSPS) is 16.1. The van der Waals surface area contributed by atoms with Gasteiger partial charge >= 0.3 is 0 Å². The lowest BCUT2D eigenvalue weighted by atomic mass is 10.2. The quantitative estimate of drug-likeness (QED) is 0.692. The first-order valence-electron chi connectivity index (χ1n) is 7.12. The Balaban J connectivity index is 1.56. The van der Waals surface area contributed by atoms with Crippen LogP contribution in [0.1, 0.15) is 5.56 Å². The van der Waals surface area contributed by atoms with Crippen LogP contribution in [-0.2, 0) is 4.79 Å². The standard InChI is InChI=1S/C17H16N2O4/c1-21-13-8-6-12(7-9-13)10-18-19-17(20)16-11-22-14-4-2-3-5-15(14)23-16/h2-10,16H,11H2,1H3,(H,19,20)/b18-10-/t16-/m1/s1. The molecule has 0 bridgehead atoms. The highest BCUT2D eigenvalue weighted by atomic mass is 16.6. The Morgan fingerprint density at radius 2 is 1.96 bits per heavy atom. The van der Waals surface area contributed by atoms with E-state index in [0.29, 0.717) is 11.5 Å². The van der Waals surface area contributed by atoms with E-state index in [9.17, 15) is 4.79 Å². The van der Waals surface area contributed by atoms with Crippen LogP contribution in [0, 0.1) is 0 Å². The maximum absolute atomic E-state index is 12.0. The summed E-state index contributed by atoms with van der Waals surface area (Å²) in [6.07, 6.45) is 0.826. The SMILES string of the molecule is COc1ccc(/C=N\NC(=O)[C@H]2COc3ccccc3O2)cc1. The zero-order valence-electron chi connectivity index (χ0n) is 12.6. The van der Waals surface area contributed by atoms with Crippen molar-refractivity contribution in [1.82, 2.24) is 5.43 Å². The molecule has 118 valence electrons. The first-order valence-corrected chi connectivity index (χ1v) is 7.12. The van der Waals surface area contributed by atoms with Crippen molar-refractivity contribution in [3.63, 3.8) is 0 Å². The molecule has 6 nitrogen and oxygen atoms in total. The number of amides is 1. The van der Waals surface area contributed by atoms with Gasteiger partial charge in [0.2, 0.25) is 6.10 Å². The van der Waals surface area contributed by atoms with Crippen molar-refractivity contribution >= 4 is 12.1 Å². The number of rotatable bonds is 4. The molecule has 0 unspecified atom stereocenters. The summed E-state index contributed by atoms with van der Waals surface area (Å²) in [4.78, 5) is 12.0. The molecule has 23 heavy (non-hydrogen) atoms. The topological polar surface area (TPSA) is 69.2 Å². The van der Waals surface area contributed by atoms with Crippen LogP contribution in [0.4, 0.5) is 0 Å². The van der Waals surface area contributed by atoms with E-state index in [2.05, 4.69) is 10.5 Å².